The fourth-order valence-corrected chi connectivity index (χ4v) is 3.84. The van der Waals surface area contributed by atoms with Crippen LogP contribution in [0.3, 0.4) is 0 Å². The van der Waals surface area contributed by atoms with Gasteiger partial charge in [-0.05, 0) is 63.6 Å². The molecule has 0 aromatic heterocycles. The number of aryl methyl sites for hydroxylation is 1. The molecular weight excluding hydrogens is 272 g/mol. The molecule has 2 saturated heterocycles. The highest BCUT2D eigenvalue weighted by Gasteiger charge is 2.29. The summed E-state index contributed by atoms with van der Waals surface area (Å²) in [4.78, 5) is 14.8. The number of carbonyl (C=O) groups excluding carboxylic acids is 1. The Balaban J connectivity index is 1.57. The van der Waals surface area contributed by atoms with Gasteiger partial charge in [-0.2, -0.15) is 0 Å². The maximum absolute atomic E-state index is 12.6. The number of benzene rings is 1. The number of nitrogens with one attached hydrogen (secondary N) is 1. The van der Waals surface area contributed by atoms with Crippen LogP contribution in [0.2, 0.25) is 0 Å². The number of hydrogen-bond donors (Lipinski definition) is 1. The van der Waals surface area contributed by atoms with Gasteiger partial charge < -0.3 is 10.2 Å². The fraction of sp³-hybridized carbons (Fsp3) is 0.632. The summed E-state index contributed by atoms with van der Waals surface area (Å²) in [5.41, 5.74) is 2.59. The average molecular weight is 300 g/mol. The highest BCUT2D eigenvalue weighted by atomic mass is 16.2. The van der Waals surface area contributed by atoms with E-state index >= 15 is 0 Å². The molecule has 3 nitrogen and oxygen atoms in total. The summed E-state index contributed by atoms with van der Waals surface area (Å²) in [5.74, 6) is 1.10. The third kappa shape index (κ3) is 3.70. The van der Waals surface area contributed by atoms with E-state index in [0.29, 0.717) is 11.9 Å². The number of hydrogen-bond acceptors (Lipinski definition) is 2. The van der Waals surface area contributed by atoms with E-state index in [1.807, 2.05) is 0 Å². The first-order chi connectivity index (χ1) is 10.7. The summed E-state index contributed by atoms with van der Waals surface area (Å²) in [5, 5.41) is 3.40. The highest BCUT2D eigenvalue weighted by Crippen LogP contribution is 2.33. The third-order valence-corrected chi connectivity index (χ3v) is 5.26. The van der Waals surface area contributed by atoms with Gasteiger partial charge in [-0.3, -0.25) is 4.79 Å². The van der Waals surface area contributed by atoms with E-state index in [1.54, 1.807) is 0 Å². The minimum absolute atomic E-state index is 0.307. The molecule has 2 aliphatic rings. The van der Waals surface area contributed by atoms with Crippen molar-refractivity contribution in [2.75, 3.05) is 19.6 Å². The summed E-state index contributed by atoms with van der Waals surface area (Å²) in [6.07, 6.45) is 6.51. The van der Waals surface area contributed by atoms with Crippen molar-refractivity contribution >= 4 is 5.91 Å². The Labute approximate surface area is 134 Å². The van der Waals surface area contributed by atoms with Crippen LogP contribution in [0, 0.1) is 12.8 Å². The molecule has 1 N–H and O–H groups in total. The molecular formula is C19H28N2O. The summed E-state index contributed by atoms with van der Waals surface area (Å²) >= 11 is 0. The SMILES string of the molecule is Cc1ccc(C2CCCN2C(=O)CCC2CCNCC2)cc1. The lowest BCUT2D eigenvalue weighted by molar-refractivity contribution is -0.132. The van der Waals surface area contributed by atoms with Crippen LogP contribution in [-0.4, -0.2) is 30.4 Å². The van der Waals surface area contributed by atoms with E-state index in [-0.39, 0.29) is 0 Å². The van der Waals surface area contributed by atoms with Gasteiger partial charge in [-0.15, -0.1) is 0 Å². The lowest BCUT2D eigenvalue weighted by atomic mass is 9.93. The summed E-state index contributed by atoms with van der Waals surface area (Å²) in [6.45, 7) is 5.28. The average Bonchev–Trinajstić information content (AvgIpc) is 3.04. The van der Waals surface area contributed by atoms with E-state index in [1.165, 1.54) is 24.0 Å². The van der Waals surface area contributed by atoms with Gasteiger partial charge in [0.05, 0.1) is 6.04 Å². The first-order valence-corrected chi connectivity index (χ1v) is 8.81. The van der Waals surface area contributed by atoms with Gasteiger partial charge in [0.1, 0.15) is 0 Å². The van der Waals surface area contributed by atoms with Crippen molar-refractivity contribution in [1.29, 1.82) is 0 Å². The molecule has 3 rings (SSSR count). The Bertz CT molecular complexity index is 491. The van der Waals surface area contributed by atoms with Crippen molar-refractivity contribution in [3.8, 4) is 0 Å². The normalized spacial score (nSPS) is 23.0. The third-order valence-electron chi connectivity index (χ3n) is 5.26. The van der Waals surface area contributed by atoms with Crippen LogP contribution >= 0.6 is 0 Å². The summed E-state index contributed by atoms with van der Waals surface area (Å²) in [6, 6.07) is 9.01. The molecule has 0 aliphatic carbocycles. The Morgan fingerprint density at radius 2 is 1.91 bits per heavy atom. The van der Waals surface area contributed by atoms with E-state index in [9.17, 15) is 4.79 Å². The quantitative estimate of drug-likeness (QED) is 0.924. The zero-order chi connectivity index (χ0) is 15.4. The fourth-order valence-electron chi connectivity index (χ4n) is 3.84. The van der Waals surface area contributed by atoms with Crippen molar-refractivity contribution in [3.05, 3.63) is 35.4 Å². The Morgan fingerprint density at radius 3 is 2.64 bits per heavy atom. The molecule has 1 aromatic rings. The standard InChI is InChI=1S/C19H28N2O/c1-15-4-7-17(8-5-15)18-3-2-14-21(18)19(22)9-6-16-10-12-20-13-11-16/h4-5,7-8,16,18,20H,2-3,6,9-14H2,1H3. The molecule has 120 valence electrons. The first kappa shape index (κ1) is 15.5. The number of piperidine rings is 1. The molecule has 2 heterocycles. The Morgan fingerprint density at radius 1 is 1.18 bits per heavy atom. The largest absolute Gasteiger partial charge is 0.336 e. The predicted octanol–water partition coefficient (Wildman–Crippen LogP) is 3.44. The molecule has 1 unspecified atom stereocenters. The smallest absolute Gasteiger partial charge is 0.223 e. The van der Waals surface area contributed by atoms with Gasteiger partial charge in [-0.1, -0.05) is 29.8 Å². The van der Waals surface area contributed by atoms with Crippen LogP contribution in [0.5, 0.6) is 0 Å². The molecule has 3 heteroatoms. The van der Waals surface area contributed by atoms with Crippen LogP contribution in [0.15, 0.2) is 24.3 Å². The Kier molecular flexibility index (Phi) is 5.14. The van der Waals surface area contributed by atoms with E-state index in [0.717, 1.165) is 51.2 Å². The molecule has 0 spiro atoms. The first-order valence-electron chi connectivity index (χ1n) is 8.81. The topological polar surface area (TPSA) is 32.3 Å². The Hall–Kier alpha value is -1.35. The number of rotatable bonds is 4. The number of amides is 1. The zero-order valence-electron chi connectivity index (χ0n) is 13.7. The molecule has 1 atom stereocenters. The highest BCUT2D eigenvalue weighted by molar-refractivity contribution is 5.77. The monoisotopic (exact) mass is 300 g/mol. The number of likely N-dealkylation sites (tertiary alicyclic amines) is 1. The number of nitrogens with zero attached hydrogens (tertiary/aromatic N) is 1. The van der Waals surface area contributed by atoms with E-state index in [2.05, 4.69) is 41.4 Å². The van der Waals surface area contributed by atoms with Gasteiger partial charge in [0.2, 0.25) is 5.91 Å². The van der Waals surface area contributed by atoms with Gasteiger partial charge in [0.25, 0.3) is 0 Å². The lowest BCUT2D eigenvalue weighted by Gasteiger charge is -2.27. The van der Waals surface area contributed by atoms with Crippen molar-refractivity contribution in [2.24, 2.45) is 5.92 Å². The minimum atomic E-state index is 0.307. The number of carbonyl (C=O) groups is 1. The maximum Gasteiger partial charge on any atom is 0.223 e. The molecule has 2 fully saturated rings. The van der Waals surface area contributed by atoms with Crippen molar-refractivity contribution < 1.29 is 4.79 Å². The van der Waals surface area contributed by atoms with Crippen LogP contribution in [-0.2, 0) is 4.79 Å². The molecule has 22 heavy (non-hydrogen) atoms. The second-order valence-corrected chi connectivity index (χ2v) is 6.89. The van der Waals surface area contributed by atoms with Gasteiger partial charge in [-0.25, -0.2) is 0 Å². The maximum atomic E-state index is 12.6. The summed E-state index contributed by atoms with van der Waals surface area (Å²) < 4.78 is 0. The van der Waals surface area contributed by atoms with Gasteiger partial charge in [0, 0.05) is 13.0 Å². The molecule has 1 amide bonds. The second kappa shape index (κ2) is 7.28. The molecule has 0 radical (unpaired) electrons. The van der Waals surface area contributed by atoms with Crippen molar-refractivity contribution in [2.45, 2.75) is 51.5 Å². The minimum Gasteiger partial charge on any atom is -0.336 e. The van der Waals surface area contributed by atoms with Crippen LogP contribution in [0.4, 0.5) is 0 Å². The zero-order valence-corrected chi connectivity index (χ0v) is 13.7. The van der Waals surface area contributed by atoms with Gasteiger partial charge >= 0.3 is 0 Å². The van der Waals surface area contributed by atoms with E-state index < -0.39 is 0 Å². The lowest BCUT2D eigenvalue weighted by Crippen LogP contribution is -2.32. The molecule has 2 aliphatic heterocycles. The van der Waals surface area contributed by atoms with Gasteiger partial charge in [0.15, 0.2) is 0 Å². The summed E-state index contributed by atoms with van der Waals surface area (Å²) in [7, 11) is 0. The van der Waals surface area contributed by atoms with Crippen LogP contribution < -0.4 is 5.32 Å². The van der Waals surface area contributed by atoms with Crippen LogP contribution in [0.25, 0.3) is 0 Å². The van der Waals surface area contributed by atoms with Crippen LogP contribution in [0.1, 0.15) is 55.7 Å². The molecule has 0 bridgehead atoms. The van der Waals surface area contributed by atoms with Crippen molar-refractivity contribution in [3.63, 3.8) is 0 Å². The predicted molar refractivity (Wildman–Crippen MR) is 89.7 cm³/mol. The van der Waals surface area contributed by atoms with Crippen molar-refractivity contribution in [1.82, 2.24) is 10.2 Å². The van der Waals surface area contributed by atoms with E-state index in [4.69, 9.17) is 0 Å². The second-order valence-electron chi connectivity index (χ2n) is 6.89. The molecule has 0 saturated carbocycles. The molecule has 1 aromatic carbocycles.